The minimum absolute atomic E-state index is 0.124. The van der Waals surface area contributed by atoms with Gasteiger partial charge in [-0.3, -0.25) is 29.4 Å². The number of amides is 5. The number of nitro benzene ring substituents is 1. The summed E-state index contributed by atoms with van der Waals surface area (Å²) in [6.45, 7) is 3.09. The molecule has 1 aliphatic rings. The minimum Gasteiger partial charge on any atom is -0.324 e. The second kappa shape index (κ2) is 9.66. The van der Waals surface area contributed by atoms with Crippen LogP contribution in [-0.2, 0) is 4.79 Å². The highest BCUT2D eigenvalue weighted by atomic mass is 16.6. The number of fused-ring (bicyclic) bond motifs is 1. The van der Waals surface area contributed by atoms with Crippen LogP contribution in [0, 0.1) is 17.0 Å². The van der Waals surface area contributed by atoms with Gasteiger partial charge in [0.2, 0.25) is 5.91 Å². The lowest BCUT2D eigenvalue weighted by Crippen LogP contribution is -2.45. The van der Waals surface area contributed by atoms with Gasteiger partial charge in [-0.25, -0.2) is 4.79 Å². The number of carbonyl (C=O) groups is 4. The maximum atomic E-state index is 13.0. The molecular formula is C25H21N5O6. The molecular weight excluding hydrogens is 466 g/mol. The van der Waals surface area contributed by atoms with Crippen molar-refractivity contribution in [3.8, 4) is 0 Å². The number of nitrogens with zero attached hydrogens (tertiary/aromatic N) is 2. The Morgan fingerprint density at radius 1 is 0.889 bits per heavy atom. The monoisotopic (exact) mass is 487 g/mol. The summed E-state index contributed by atoms with van der Waals surface area (Å²) in [7, 11) is 0. The molecule has 4 rings (SSSR count). The quantitative estimate of drug-likeness (QED) is 0.270. The number of benzene rings is 3. The van der Waals surface area contributed by atoms with Crippen LogP contribution in [0.2, 0.25) is 0 Å². The van der Waals surface area contributed by atoms with Gasteiger partial charge in [-0.1, -0.05) is 30.3 Å². The molecule has 182 valence electrons. The van der Waals surface area contributed by atoms with Gasteiger partial charge in [0.15, 0.2) is 0 Å². The molecule has 0 fully saturated rings. The topological polar surface area (TPSA) is 151 Å². The number of aryl methyl sites for hydroxylation is 1. The molecule has 1 heterocycles. The minimum atomic E-state index is -1.26. The molecule has 3 N–H and O–H groups in total. The third-order valence-corrected chi connectivity index (χ3v) is 5.67. The van der Waals surface area contributed by atoms with Gasteiger partial charge in [0.25, 0.3) is 17.5 Å². The van der Waals surface area contributed by atoms with Crippen molar-refractivity contribution in [3.05, 3.63) is 93.5 Å². The summed E-state index contributed by atoms with van der Waals surface area (Å²) in [6, 6.07) is 15.7. The molecule has 0 radical (unpaired) electrons. The fourth-order valence-corrected chi connectivity index (χ4v) is 3.79. The number of carbonyl (C=O) groups excluding carboxylic acids is 4. The molecule has 0 aliphatic carbocycles. The van der Waals surface area contributed by atoms with E-state index in [1.165, 1.54) is 25.1 Å². The van der Waals surface area contributed by atoms with E-state index in [4.69, 9.17) is 0 Å². The number of anilines is 3. The Morgan fingerprint density at radius 3 is 2.28 bits per heavy atom. The Balaban J connectivity index is 1.49. The van der Waals surface area contributed by atoms with E-state index in [1.807, 2.05) is 6.07 Å². The highest BCUT2D eigenvalue weighted by molar-refractivity contribution is 6.25. The highest BCUT2D eigenvalue weighted by Gasteiger charge is 2.44. The van der Waals surface area contributed by atoms with E-state index in [-0.39, 0.29) is 11.1 Å². The van der Waals surface area contributed by atoms with Gasteiger partial charge >= 0.3 is 6.03 Å². The van der Waals surface area contributed by atoms with Crippen LogP contribution in [0.3, 0.4) is 0 Å². The molecule has 36 heavy (non-hydrogen) atoms. The molecule has 3 aromatic rings. The van der Waals surface area contributed by atoms with Gasteiger partial charge in [0, 0.05) is 23.1 Å². The first-order valence-corrected chi connectivity index (χ1v) is 10.9. The number of urea groups is 1. The number of imide groups is 1. The molecule has 11 nitrogen and oxygen atoms in total. The Kier molecular flexibility index (Phi) is 6.46. The molecule has 0 saturated carbocycles. The van der Waals surface area contributed by atoms with Crippen LogP contribution in [0.5, 0.6) is 0 Å². The molecule has 0 spiro atoms. The third-order valence-electron chi connectivity index (χ3n) is 5.67. The highest BCUT2D eigenvalue weighted by Crippen LogP contribution is 2.32. The SMILES string of the molecule is Cc1ccc(NC(=O)Nc2ccccc2)cc1NC(=O)C(C)N1C(=O)c2cccc([N+](=O)[O-])c2C1=O. The van der Waals surface area contributed by atoms with Gasteiger partial charge < -0.3 is 16.0 Å². The van der Waals surface area contributed by atoms with Crippen LogP contribution in [0.1, 0.15) is 33.2 Å². The fraction of sp³-hybridized carbons (Fsp3) is 0.120. The Hall–Kier alpha value is -5.06. The molecule has 1 aliphatic heterocycles. The number of nitro groups is 1. The van der Waals surface area contributed by atoms with E-state index in [9.17, 15) is 29.3 Å². The normalized spacial score (nSPS) is 13.1. The fourth-order valence-electron chi connectivity index (χ4n) is 3.79. The number of rotatable bonds is 6. The summed E-state index contributed by atoms with van der Waals surface area (Å²) in [5, 5.41) is 19.3. The molecule has 0 bridgehead atoms. The van der Waals surface area contributed by atoms with E-state index in [2.05, 4.69) is 16.0 Å². The van der Waals surface area contributed by atoms with Crippen molar-refractivity contribution in [2.45, 2.75) is 19.9 Å². The summed E-state index contributed by atoms with van der Waals surface area (Å²) in [5.74, 6) is -2.37. The summed E-state index contributed by atoms with van der Waals surface area (Å²) in [6.07, 6.45) is 0. The van der Waals surface area contributed by atoms with E-state index >= 15 is 0 Å². The molecule has 0 aromatic heterocycles. The van der Waals surface area contributed by atoms with Crippen molar-refractivity contribution < 1.29 is 24.1 Å². The first-order valence-electron chi connectivity index (χ1n) is 10.9. The van der Waals surface area contributed by atoms with Crippen LogP contribution in [0.15, 0.2) is 66.7 Å². The molecule has 3 aromatic carbocycles. The van der Waals surface area contributed by atoms with Crippen LogP contribution in [0.25, 0.3) is 0 Å². The van der Waals surface area contributed by atoms with Crippen molar-refractivity contribution in [3.63, 3.8) is 0 Å². The molecule has 5 amide bonds. The zero-order chi connectivity index (χ0) is 26.0. The first kappa shape index (κ1) is 24.1. The number of hydrogen-bond acceptors (Lipinski definition) is 6. The van der Waals surface area contributed by atoms with E-state index in [1.54, 1.807) is 43.3 Å². The third kappa shape index (κ3) is 4.62. The Bertz CT molecular complexity index is 1410. The number of nitrogens with one attached hydrogen (secondary N) is 3. The average Bonchev–Trinajstić information content (AvgIpc) is 3.11. The predicted molar refractivity (Wildman–Crippen MR) is 132 cm³/mol. The van der Waals surface area contributed by atoms with Crippen molar-refractivity contribution in [2.24, 2.45) is 0 Å². The molecule has 1 atom stereocenters. The summed E-state index contributed by atoms with van der Waals surface area (Å²) in [4.78, 5) is 62.3. The maximum absolute atomic E-state index is 13.0. The average molecular weight is 487 g/mol. The lowest BCUT2D eigenvalue weighted by Gasteiger charge is -2.22. The van der Waals surface area contributed by atoms with Gasteiger partial charge in [-0.15, -0.1) is 0 Å². The predicted octanol–water partition coefficient (Wildman–Crippen LogP) is 4.17. The Labute approximate surface area is 205 Å². The number of para-hydroxylation sites is 1. The van der Waals surface area contributed by atoms with Crippen LogP contribution in [-0.4, -0.2) is 39.6 Å². The lowest BCUT2D eigenvalue weighted by atomic mass is 10.1. The first-order chi connectivity index (χ1) is 17.2. The molecule has 1 unspecified atom stereocenters. The Morgan fingerprint density at radius 2 is 1.58 bits per heavy atom. The smallest absolute Gasteiger partial charge is 0.323 e. The van der Waals surface area contributed by atoms with Crippen LogP contribution >= 0.6 is 0 Å². The van der Waals surface area contributed by atoms with Gasteiger partial charge in [0.05, 0.1) is 10.5 Å². The van der Waals surface area contributed by atoms with Crippen molar-refractivity contribution in [1.82, 2.24) is 4.90 Å². The van der Waals surface area contributed by atoms with Crippen molar-refractivity contribution in [1.29, 1.82) is 0 Å². The van der Waals surface area contributed by atoms with Gasteiger partial charge in [0.1, 0.15) is 11.6 Å². The summed E-state index contributed by atoms with van der Waals surface area (Å²) < 4.78 is 0. The van der Waals surface area contributed by atoms with Crippen LogP contribution < -0.4 is 16.0 Å². The summed E-state index contributed by atoms with van der Waals surface area (Å²) >= 11 is 0. The second-order valence-electron chi connectivity index (χ2n) is 8.08. The number of hydrogen-bond donors (Lipinski definition) is 3. The second-order valence-corrected chi connectivity index (χ2v) is 8.08. The van der Waals surface area contributed by atoms with Gasteiger partial charge in [-0.2, -0.15) is 0 Å². The maximum Gasteiger partial charge on any atom is 0.323 e. The lowest BCUT2D eigenvalue weighted by molar-refractivity contribution is -0.385. The largest absolute Gasteiger partial charge is 0.324 e. The zero-order valence-electron chi connectivity index (χ0n) is 19.3. The molecule has 0 saturated heterocycles. The van der Waals surface area contributed by atoms with E-state index in [0.717, 1.165) is 6.07 Å². The van der Waals surface area contributed by atoms with Crippen LogP contribution in [0.4, 0.5) is 27.5 Å². The van der Waals surface area contributed by atoms with Gasteiger partial charge in [-0.05, 0) is 49.7 Å². The van der Waals surface area contributed by atoms with Crippen molar-refractivity contribution >= 4 is 46.5 Å². The van der Waals surface area contributed by atoms with E-state index < -0.39 is 40.4 Å². The molecule has 11 heteroatoms. The van der Waals surface area contributed by atoms with E-state index in [0.29, 0.717) is 27.5 Å². The summed E-state index contributed by atoms with van der Waals surface area (Å²) in [5.41, 5.74) is 1.07. The zero-order valence-corrected chi connectivity index (χ0v) is 19.3. The standard InChI is InChI=1S/C25H21N5O6/c1-14-11-12-17(27-25(34)26-16-7-4-3-5-8-16)13-19(14)28-22(31)15(2)29-23(32)18-9-6-10-20(30(35)36)21(18)24(29)33/h3-13,15H,1-2H3,(H,28,31)(H2,26,27,34). The van der Waals surface area contributed by atoms with Crippen molar-refractivity contribution in [2.75, 3.05) is 16.0 Å².